The van der Waals surface area contributed by atoms with Crippen molar-refractivity contribution in [2.75, 3.05) is 13.7 Å². The van der Waals surface area contributed by atoms with Gasteiger partial charge in [-0.15, -0.1) is 0 Å². The monoisotopic (exact) mass is 346 g/mol. The third-order valence-corrected chi connectivity index (χ3v) is 4.72. The molecule has 0 unspecified atom stereocenters. The largest absolute Gasteiger partial charge is 0.617 e. The van der Waals surface area contributed by atoms with Gasteiger partial charge in [-0.3, -0.25) is 4.79 Å². The van der Waals surface area contributed by atoms with Crippen molar-refractivity contribution >= 4 is 27.5 Å². The molecule has 0 spiro atoms. The predicted octanol–water partition coefficient (Wildman–Crippen LogP) is 2.65. The van der Waals surface area contributed by atoms with E-state index in [-0.39, 0.29) is 11.7 Å². The van der Waals surface area contributed by atoms with Crippen molar-refractivity contribution in [3.8, 4) is 5.75 Å². The first-order valence-electron chi connectivity index (χ1n) is 7.31. The first-order chi connectivity index (χ1) is 11.6. The molecular formula is C17H15FN2O3S. The molecule has 24 heavy (non-hydrogen) atoms. The van der Waals surface area contributed by atoms with Crippen LogP contribution < -0.4 is 14.8 Å². The molecule has 1 heterocycles. The Labute approximate surface area is 141 Å². The van der Waals surface area contributed by atoms with E-state index in [2.05, 4.69) is 5.32 Å². The number of nitrogens with one attached hydrogen (secondary N) is 1. The van der Waals surface area contributed by atoms with Crippen LogP contribution in [0.1, 0.15) is 15.4 Å². The number of hydrogen-bond donors (Lipinski definition) is 1. The smallest absolute Gasteiger partial charge is 0.251 e. The Bertz CT molecular complexity index is 877. The maximum Gasteiger partial charge on any atom is 0.251 e. The molecule has 0 atom stereocenters. The average Bonchev–Trinajstić information content (AvgIpc) is 2.91. The Balaban J connectivity index is 1.66. The topological polar surface area (TPSA) is 65.3 Å². The van der Waals surface area contributed by atoms with Crippen LogP contribution in [0.5, 0.6) is 5.75 Å². The lowest BCUT2D eigenvalue weighted by Crippen LogP contribution is -2.32. The Hall–Kier alpha value is -2.67. The van der Waals surface area contributed by atoms with Gasteiger partial charge in [0, 0.05) is 24.2 Å². The highest BCUT2D eigenvalue weighted by atomic mass is 32.1. The van der Waals surface area contributed by atoms with Gasteiger partial charge in [0.05, 0.1) is 13.5 Å². The van der Waals surface area contributed by atoms with E-state index in [0.29, 0.717) is 34.8 Å². The van der Waals surface area contributed by atoms with E-state index in [0.717, 1.165) is 9.43 Å². The Morgan fingerprint density at radius 3 is 2.75 bits per heavy atom. The van der Waals surface area contributed by atoms with Crippen LogP contribution in [0.3, 0.4) is 0 Å². The summed E-state index contributed by atoms with van der Waals surface area (Å²) >= 11 is 1.37. The summed E-state index contributed by atoms with van der Waals surface area (Å²) in [6, 6.07) is 10.6. The molecule has 0 saturated carbocycles. The number of ether oxygens (including phenoxy) is 1. The van der Waals surface area contributed by atoms with E-state index in [1.807, 2.05) is 6.07 Å². The lowest BCUT2D eigenvalue weighted by Gasteiger charge is -2.04. The molecule has 0 radical (unpaired) electrons. The summed E-state index contributed by atoms with van der Waals surface area (Å²) in [4.78, 5) is 12.0. The highest BCUT2D eigenvalue weighted by Gasteiger charge is 2.16. The number of aromatic nitrogens is 1. The van der Waals surface area contributed by atoms with Crippen LogP contribution in [0.25, 0.3) is 10.2 Å². The summed E-state index contributed by atoms with van der Waals surface area (Å²) in [6.07, 6.45) is 0.415. The third-order valence-electron chi connectivity index (χ3n) is 3.57. The fraction of sp³-hybridized carbons (Fsp3) is 0.176. The minimum absolute atomic E-state index is 0.296. The fourth-order valence-corrected chi connectivity index (χ4v) is 3.38. The quantitative estimate of drug-likeness (QED) is 0.571. The van der Waals surface area contributed by atoms with Crippen molar-refractivity contribution in [3.05, 3.63) is 64.1 Å². The van der Waals surface area contributed by atoms with Gasteiger partial charge in [-0.1, -0.05) is 11.3 Å². The lowest BCUT2D eigenvalue weighted by atomic mass is 10.2. The minimum Gasteiger partial charge on any atom is -0.617 e. The van der Waals surface area contributed by atoms with Crippen LogP contribution in [0, 0.1) is 11.0 Å². The lowest BCUT2D eigenvalue weighted by molar-refractivity contribution is -0.580. The number of halogens is 1. The highest BCUT2D eigenvalue weighted by Crippen LogP contribution is 2.25. The Morgan fingerprint density at radius 2 is 2.04 bits per heavy atom. The van der Waals surface area contributed by atoms with Crippen molar-refractivity contribution in [1.29, 1.82) is 0 Å². The maximum absolute atomic E-state index is 12.8. The van der Waals surface area contributed by atoms with Crippen molar-refractivity contribution in [3.63, 3.8) is 0 Å². The number of benzene rings is 2. The zero-order chi connectivity index (χ0) is 17.1. The normalized spacial score (nSPS) is 10.8. The summed E-state index contributed by atoms with van der Waals surface area (Å²) < 4.78 is 19.7. The van der Waals surface area contributed by atoms with Crippen LogP contribution in [-0.4, -0.2) is 19.6 Å². The number of amides is 1. The molecule has 1 N–H and O–H groups in total. The molecule has 3 rings (SSSR count). The first-order valence-corrected chi connectivity index (χ1v) is 8.13. The van der Waals surface area contributed by atoms with E-state index in [9.17, 15) is 14.4 Å². The molecule has 1 aromatic heterocycles. The summed E-state index contributed by atoms with van der Waals surface area (Å²) in [7, 11) is 1.58. The number of rotatable bonds is 5. The molecule has 124 valence electrons. The van der Waals surface area contributed by atoms with Crippen LogP contribution in [-0.2, 0) is 6.42 Å². The van der Waals surface area contributed by atoms with Gasteiger partial charge in [0.1, 0.15) is 16.3 Å². The molecular weight excluding hydrogens is 331 g/mol. The summed E-state index contributed by atoms with van der Waals surface area (Å²) in [6.45, 7) is 0.322. The molecule has 7 heteroatoms. The first kappa shape index (κ1) is 16.2. The van der Waals surface area contributed by atoms with Crippen LogP contribution in [0.4, 0.5) is 4.39 Å². The van der Waals surface area contributed by atoms with Gasteiger partial charge < -0.3 is 15.3 Å². The standard InChI is InChI=1S/C17H15FN2O3S/c1-23-13-6-7-14-15(10-13)24-16(20(14)22)8-9-19-17(21)11-2-4-12(18)5-3-11/h2-7,10H,8-9H2,1H3,(H,19,21). The number of thiazole rings is 1. The number of fused-ring (bicyclic) bond motifs is 1. The van der Waals surface area contributed by atoms with Crippen molar-refractivity contribution in [2.45, 2.75) is 6.42 Å². The van der Waals surface area contributed by atoms with Crippen molar-refractivity contribution in [2.24, 2.45) is 0 Å². The van der Waals surface area contributed by atoms with E-state index in [1.54, 1.807) is 19.2 Å². The van der Waals surface area contributed by atoms with Crippen molar-refractivity contribution in [1.82, 2.24) is 5.32 Å². The number of nitrogens with zero attached hydrogens (tertiary/aromatic N) is 1. The molecule has 0 aliphatic rings. The number of methoxy groups -OCH3 is 1. The van der Waals surface area contributed by atoms with Crippen molar-refractivity contribution < 1.29 is 18.7 Å². The summed E-state index contributed by atoms with van der Waals surface area (Å²) in [5.74, 6) is 0.00962. The Morgan fingerprint density at radius 1 is 1.29 bits per heavy atom. The molecule has 5 nitrogen and oxygen atoms in total. The fourth-order valence-electron chi connectivity index (χ4n) is 2.31. The second-order valence-electron chi connectivity index (χ2n) is 5.14. The van der Waals surface area contributed by atoms with Crippen LogP contribution in [0.2, 0.25) is 0 Å². The molecule has 0 saturated heterocycles. The van der Waals surface area contributed by atoms with Gasteiger partial charge in [-0.2, -0.15) is 4.73 Å². The molecule has 2 aromatic carbocycles. The van der Waals surface area contributed by atoms with Gasteiger partial charge in [-0.25, -0.2) is 4.39 Å². The van der Waals surface area contributed by atoms with E-state index < -0.39 is 0 Å². The van der Waals surface area contributed by atoms with E-state index in [4.69, 9.17) is 4.74 Å². The van der Waals surface area contributed by atoms with Gasteiger partial charge in [0.15, 0.2) is 0 Å². The minimum atomic E-state index is -0.389. The van der Waals surface area contributed by atoms with Gasteiger partial charge in [-0.05, 0) is 30.3 Å². The summed E-state index contributed by atoms with van der Waals surface area (Å²) in [5.41, 5.74) is 0.966. The summed E-state index contributed by atoms with van der Waals surface area (Å²) in [5, 5.41) is 15.6. The van der Waals surface area contributed by atoms with Gasteiger partial charge in [0.2, 0.25) is 5.52 Å². The number of carbonyl (C=O) groups excluding carboxylic acids is 1. The molecule has 1 amide bonds. The van der Waals surface area contributed by atoms with Gasteiger partial charge in [0.25, 0.3) is 10.9 Å². The second-order valence-corrected chi connectivity index (χ2v) is 6.25. The molecule has 0 bridgehead atoms. The van der Waals surface area contributed by atoms with Crippen LogP contribution in [0.15, 0.2) is 42.5 Å². The number of hydrogen-bond acceptors (Lipinski definition) is 4. The number of carbonyl (C=O) groups is 1. The molecule has 3 aromatic rings. The maximum atomic E-state index is 12.8. The van der Waals surface area contributed by atoms with E-state index in [1.165, 1.54) is 35.6 Å². The molecule has 0 aliphatic heterocycles. The highest BCUT2D eigenvalue weighted by molar-refractivity contribution is 7.18. The zero-order valence-corrected chi connectivity index (χ0v) is 13.7. The SMILES string of the molecule is COc1ccc2c(c1)sc(CCNC(=O)c1ccc(F)cc1)[n+]2[O-]. The zero-order valence-electron chi connectivity index (χ0n) is 12.9. The van der Waals surface area contributed by atoms with Gasteiger partial charge >= 0.3 is 0 Å². The molecule has 0 aliphatic carbocycles. The Kier molecular flexibility index (Phi) is 4.61. The second kappa shape index (κ2) is 6.84. The average molecular weight is 346 g/mol. The predicted molar refractivity (Wildman–Crippen MR) is 89.8 cm³/mol. The van der Waals surface area contributed by atoms with E-state index >= 15 is 0 Å². The third kappa shape index (κ3) is 3.30. The molecule has 0 fully saturated rings. The van der Waals surface area contributed by atoms with Crippen LogP contribution >= 0.6 is 11.3 Å².